The van der Waals surface area contributed by atoms with Crippen molar-refractivity contribution >= 4 is 33.9 Å². The van der Waals surface area contributed by atoms with Gasteiger partial charge in [-0.15, -0.1) is 0 Å². The van der Waals surface area contributed by atoms with Gasteiger partial charge in [0.05, 0.1) is 13.7 Å². The number of hydrogen-bond donors (Lipinski definition) is 2. The normalized spacial score (nSPS) is 11.9. The van der Waals surface area contributed by atoms with E-state index in [0.717, 1.165) is 10.0 Å². The molecule has 0 radical (unpaired) electrons. The van der Waals surface area contributed by atoms with E-state index >= 15 is 0 Å². The van der Waals surface area contributed by atoms with Gasteiger partial charge in [0.15, 0.2) is 0 Å². The molecule has 1 aromatic heterocycles. The highest BCUT2D eigenvalue weighted by Gasteiger charge is 2.24. The first-order chi connectivity index (χ1) is 16.0. The molecule has 34 heavy (non-hydrogen) atoms. The van der Waals surface area contributed by atoms with Gasteiger partial charge in [-0.2, -0.15) is 0 Å². The van der Waals surface area contributed by atoms with Crippen LogP contribution in [-0.2, 0) is 20.8 Å². The highest BCUT2D eigenvalue weighted by atomic mass is 79.9. The molecule has 2 rings (SSSR count). The van der Waals surface area contributed by atoms with Gasteiger partial charge in [-0.1, -0.05) is 28.1 Å². The number of halogens is 1. The van der Waals surface area contributed by atoms with Gasteiger partial charge in [-0.3, -0.25) is 9.59 Å². The Labute approximate surface area is 207 Å². The topological polar surface area (TPSA) is 116 Å². The molecule has 0 aliphatic carbocycles. The molecule has 9 nitrogen and oxygen atoms in total. The second-order valence-electron chi connectivity index (χ2n) is 8.60. The van der Waals surface area contributed by atoms with Crippen molar-refractivity contribution in [3.63, 3.8) is 0 Å². The minimum absolute atomic E-state index is 0.0830. The van der Waals surface area contributed by atoms with Gasteiger partial charge < -0.3 is 24.7 Å². The zero-order chi connectivity index (χ0) is 25.3. The number of aromatic nitrogens is 1. The molecule has 0 fully saturated rings. The lowest BCUT2D eigenvalue weighted by Gasteiger charge is -2.20. The number of benzene rings is 1. The Kier molecular flexibility index (Phi) is 9.85. The van der Waals surface area contributed by atoms with Crippen molar-refractivity contribution in [2.45, 2.75) is 51.8 Å². The fourth-order valence-electron chi connectivity index (χ4n) is 3.06. The molecule has 1 heterocycles. The summed E-state index contributed by atoms with van der Waals surface area (Å²) in [7, 11) is 1.22. The van der Waals surface area contributed by atoms with Gasteiger partial charge in [0, 0.05) is 17.2 Å². The molecule has 0 aliphatic heterocycles. The monoisotopic (exact) mass is 535 g/mol. The van der Waals surface area contributed by atoms with Crippen molar-refractivity contribution in [1.82, 2.24) is 15.2 Å². The summed E-state index contributed by atoms with van der Waals surface area (Å²) < 4.78 is 12.3. The lowest BCUT2D eigenvalue weighted by molar-refractivity contribution is -0.143. The van der Waals surface area contributed by atoms with Crippen molar-refractivity contribution in [1.29, 1.82) is 0 Å². The minimum atomic E-state index is -0.975. The molecule has 0 aliphatic rings. The number of hydrogen-bond acceptors (Lipinski definition) is 6. The van der Waals surface area contributed by atoms with Gasteiger partial charge in [0.1, 0.15) is 17.2 Å². The van der Waals surface area contributed by atoms with Crippen LogP contribution in [0.1, 0.15) is 49.5 Å². The number of amides is 2. The van der Waals surface area contributed by atoms with E-state index in [-0.39, 0.29) is 18.5 Å². The van der Waals surface area contributed by atoms with Crippen LogP contribution in [-0.4, -0.2) is 47.8 Å². The Balaban J connectivity index is 2.02. The largest absolute Gasteiger partial charge is 0.467 e. The molecule has 0 saturated heterocycles. The van der Waals surface area contributed by atoms with E-state index in [1.54, 1.807) is 33.0 Å². The van der Waals surface area contributed by atoms with E-state index < -0.39 is 35.2 Å². The Morgan fingerprint density at radius 3 is 2.41 bits per heavy atom. The van der Waals surface area contributed by atoms with E-state index in [1.807, 2.05) is 24.3 Å². The van der Waals surface area contributed by atoms with Crippen molar-refractivity contribution in [2.75, 3.05) is 13.7 Å². The molecule has 1 aromatic carbocycles. The van der Waals surface area contributed by atoms with Gasteiger partial charge in [-0.25, -0.2) is 9.59 Å². The predicted molar refractivity (Wildman–Crippen MR) is 131 cm³/mol. The number of carbonyl (C=O) groups is 3. The van der Waals surface area contributed by atoms with Crippen molar-refractivity contribution < 1.29 is 23.9 Å². The SMILES string of the molecule is COC(=O)[C@H](CCCNC(=O)OC(C)(C)C)NC(=O)c1cccn(Cc2ccc(Br)cc2)c1=O. The summed E-state index contributed by atoms with van der Waals surface area (Å²) in [5.41, 5.74) is -0.279. The summed E-state index contributed by atoms with van der Waals surface area (Å²) in [5, 5.41) is 5.17. The van der Waals surface area contributed by atoms with E-state index in [4.69, 9.17) is 9.47 Å². The fraction of sp³-hybridized carbons (Fsp3) is 0.417. The summed E-state index contributed by atoms with van der Waals surface area (Å²) in [5.74, 6) is -1.32. The first-order valence-electron chi connectivity index (χ1n) is 10.8. The van der Waals surface area contributed by atoms with Crippen molar-refractivity contribution in [2.24, 2.45) is 0 Å². The third-order valence-corrected chi connectivity index (χ3v) is 5.19. The number of rotatable bonds is 9. The number of ether oxygens (including phenoxy) is 2. The molecule has 0 unspecified atom stereocenters. The van der Waals surface area contributed by atoms with E-state index in [2.05, 4.69) is 26.6 Å². The van der Waals surface area contributed by atoms with Crippen LogP contribution in [0.15, 0.2) is 51.9 Å². The minimum Gasteiger partial charge on any atom is -0.467 e. The van der Waals surface area contributed by atoms with Crippen molar-refractivity contribution in [3.8, 4) is 0 Å². The standard InChI is InChI=1S/C24H30BrN3O6/c1-24(2,3)34-23(32)26-13-5-8-19(22(31)33-4)27-20(29)18-7-6-14-28(21(18)30)15-16-9-11-17(25)12-10-16/h6-7,9-12,14,19H,5,8,13,15H2,1-4H3,(H,26,32)(H,27,29)/t19-/m0/s1. The number of alkyl carbamates (subject to hydrolysis) is 1. The summed E-state index contributed by atoms with van der Waals surface area (Å²) in [6, 6.07) is 9.54. The molecule has 2 amide bonds. The maximum atomic E-state index is 12.9. The van der Waals surface area contributed by atoms with Gasteiger partial charge in [0.25, 0.3) is 11.5 Å². The Morgan fingerprint density at radius 2 is 1.79 bits per heavy atom. The summed E-state index contributed by atoms with van der Waals surface area (Å²) in [6.07, 6.45) is 1.61. The molecule has 2 aromatic rings. The molecule has 184 valence electrons. The van der Waals surface area contributed by atoms with Crippen LogP contribution in [0.25, 0.3) is 0 Å². The second kappa shape index (κ2) is 12.4. The summed E-state index contributed by atoms with van der Waals surface area (Å²) >= 11 is 3.37. The fourth-order valence-corrected chi connectivity index (χ4v) is 3.32. The first kappa shape index (κ1) is 27.1. The van der Waals surface area contributed by atoms with Crippen LogP contribution in [0.4, 0.5) is 4.79 Å². The molecule has 10 heteroatoms. The van der Waals surface area contributed by atoms with Crippen LogP contribution in [0.5, 0.6) is 0 Å². The molecule has 0 saturated carbocycles. The molecule has 0 spiro atoms. The maximum Gasteiger partial charge on any atom is 0.407 e. The molecule has 0 bridgehead atoms. The average molecular weight is 536 g/mol. The number of pyridine rings is 1. The highest BCUT2D eigenvalue weighted by Crippen LogP contribution is 2.11. The van der Waals surface area contributed by atoms with E-state index in [9.17, 15) is 19.2 Å². The zero-order valence-electron chi connectivity index (χ0n) is 19.7. The predicted octanol–water partition coefficient (Wildman–Crippen LogP) is 3.24. The maximum absolute atomic E-state index is 12.9. The number of nitrogens with one attached hydrogen (secondary N) is 2. The number of nitrogens with zero attached hydrogens (tertiary/aromatic N) is 1. The number of carbonyl (C=O) groups excluding carboxylic acids is 3. The number of methoxy groups -OCH3 is 1. The van der Waals surface area contributed by atoms with Crippen molar-refractivity contribution in [3.05, 3.63) is 68.5 Å². The molecular formula is C24H30BrN3O6. The lowest BCUT2D eigenvalue weighted by Crippen LogP contribution is -2.44. The van der Waals surface area contributed by atoms with Gasteiger partial charge >= 0.3 is 12.1 Å². The van der Waals surface area contributed by atoms with E-state index in [1.165, 1.54) is 17.7 Å². The lowest BCUT2D eigenvalue weighted by atomic mass is 10.1. The third-order valence-electron chi connectivity index (χ3n) is 4.66. The number of esters is 1. The summed E-state index contributed by atoms with van der Waals surface area (Å²) in [4.78, 5) is 49.6. The van der Waals surface area contributed by atoms with Crippen LogP contribution < -0.4 is 16.2 Å². The zero-order valence-corrected chi connectivity index (χ0v) is 21.3. The molecule has 1 atom stereocenters. The first-order valence-corrected chi connectivity index (χ1v) is 11.6. The van der Waals surface area contributed by atoms with Crippen LogP contribution >= 0.6 is 15.9 Å². The summed E-state index contributed by atoms with van der Waals surface area (Å²) in [6.45, 7) is 5.80. The molecule has 2 N–H and O–H groups in total. The third kappa shape index (κ3) is 8.66. The quantitative estimate of drug-likeness (QED) is 0.376. The van der Waals surface area contributed by atoms with Gasteiger partial charge in [-0.05, 0) is 63.4 Å². The molecular weight excluding hydrogens is 506 g/mol. The smallest absolute Gasteiger partial charge is 0.407 e. The van der Waals surface area contributed by atoms with Crippen LogP contribution in [0.2, 0.25) is 0 Å². The Hall–Kier alpha value is -3.14. The average Bonchev–Trinajstić information content (AvgIpc) is 2.76. The Morgan fingerprint density at radius 1 is 1.12 bits per heavy atom. The highest BCUT2D eigenvalue weighted by molar-refractivity contribution is 9.10. The van der Waals surface area contributed by atoms with Gasteiger partial charge in [0.2, 0.25) is 0 Å². The van der Waals surface area contributed by atoms with Crippen LogP contribution in [0, 0.1) is 0 Å². The second-order valence-corrected chi connectivity index (χ2v) is 9.52. The Bertz CT molecular complexity index is 1060. The van der Waals surface area contributed by atoms with E-state index in [0.29, 0.717) is 13.0 Å². The van der Waals surface area contributed by atoms with Crippen LogP contribution in [0.3, 0.4) is 0 Å².